The number of nitro benzene ring substituents is 1. The van der Waals surface area contributed by atoms with Crippen molar-refractivity contribution in [1.29, 1.82) is 0 Å². The monoisotopic (exact) mass is 484 g/mol. The molecule has 32 heavy (non-hydrogen) atoms. The van der Waals surface area contributed by atoms with E-state index < -0.39 is 36.7 Å². The van der Waals surface area contributed by atoms with Crippen LogP contribution in [0.5, 0.6) is 0 Å². The molecule has 1 N–H and O–H groups in total. The van der Waals surface area contributed by atoms with E-state index in [9.17, 15) is 24.8 Å². The molecule has 0 aromatic heterocycles. The van der Waals surface area contributed by atoms with E-state index in [-0.39, 0.29) is 24.3 Å². The van der Waals surface area contributed by atoms with E-state index in [4.69, 9.17) is 9.16 Å². The van der Waals surface area contributed by atoms with Crippen LogP contribution in [0.4, 0.5) is 5.69 Å². The number of aliphatic hydroxyl groups is 1. The summed E-state index contributed by atoms with van der Waals surface area (Å²) in [4.78, 5) is 36.5. The number of amides is 1. The van der Waals surface area contributed by atoms with Crippen molar-refractivity contribution < 1.29 is 28.8 Å². The third-order valence-corrected chi connectivity index (χ3v) is 9.08. The second-order valence-corrected chi connectivity index (χ2v) is 13.7. The van der Waals surface area contributed by atoms with Crippen molar-refractivity contribution in [3.05, 3.63) is 39.9 Å². The minimum atomic E-state index is -1.91. The molecule has 4 atom stereocenters. The zero-order valence-corrected chi connectivity index (χ0v) is 21.0. The summed E-state index contributed by atoms with van der Waals surface area (Å²) >= 11 is 1.38. The highest BCUT2D eigenvalue weighted by molar-refractivity contribution is 7.99. The van der Waals surface area contributed by atoms with Crippen molar-refractivity contribution in [1.82, 2.24) is 4.90 Å². The molecule has 1 heterocycles. The Kier molecular flexibility index (Phi) is 9.25. The molecular formula is C21H32N2O7SSi. The maximum Gasteiger partial charge on any atom is 0.356 e. The summed E-state index contributed by atoms with van der Waals surface area (Å²) < 4.78 is 11.4. The van der Waals surface area contributed by atoms with Gasteiger partial charge in [0.1, 0.15) is 6.61 Å². The number of nitrogens with zero attached hydrogens (tertiary/aromatic N) is 2. The Morgan fingerprint density at radius 3 is 2.50 bits per heavy atom. The zero-order valence-electron chi connectivity index (χ0n) is 19.1. The molecule has 2 rings (SSSR count). The molecule has 0 aliphatic carbocycles. The van der Waals surface area contributed by atoms with Gasteiger partial charge in [-0.05, 0) is 50.0 Å². The van der Waals surface area contributed by atoms with E-state index in [1.165, 1.54) is 36.0 Å². The van der Waals surface area contributed by atoms with Gasteiger partial charge in [0, 0.05) is 12.1 Å². The topological polar surface area (TPSA) is 119 Å². The number of thioether (sulfide) groups is 1. The Morgan fingerprint density at radius 1 is 1.34 bits per heavy atom. The van der Waals surface area contributed by atoms with Crippen LogP contribution in [-0.2, 0) is 25.4 Å². The summed E-state index contributed by atoms with van der Waals surface area (Å²) in [5.41, 5.74) is 0.462. The summed E-state index contributed by atoms with van der Waals surface area (Å²) in [7, 11) is -1.91. The van der Waals surface area contributed by atoms with Crippen LogP contribution in [0.3, 0.4) is 0 Å². The lowest BCUT2D eigenvalue weighted by Crippen LogP contribution is -2.68. The number of likely N-dealkylation sites (tertiary alicyclic amines) is 1. The molecular weight excluding hydrogens is 452 g/mol. The number of carbonyl (C=O) groups excluding carboxylic acids is 2. The molecule has 1 aromatic rings. The van der Waals surface area contributed by atoms with Crippen molar-refractivity contribution in [2.75, 3.05) is 6.26 Å². The predicted octanol–water partition coefficient (Wildman–Crippen LogP) is 3.51. The second kappa shape index (κ2) is 11.3. The van der Waals surface area contributed by atoms with E-state index in [1.54, 1.807) is 0 Å². The molecule has 4 unspecified atom stereocenters. The normalized spacial score (nSPS) is 20.4. The zero-order chi connectivity index (χ0) is 24.1. The van der Waals surface area contributed by atoms with Crippen LogP contribution in [0, 0.1) is 16.0 Å². The average molecular weight is 485 g/mol. The number of rotatable bonds is 12. The predicted molar refractivity (Wildman–Crippen MR) is 124 cm³/mol. The van der Waals surface area contributed by atoms with Crippen molar-refractivity contribution >= 4 is 37.6 Å². The molecule has 0 bridgehead atoms. The summed E-state index contributed by atoms with van der Waals surface area (Å²) in [6.07, 6.45) is 1.97. The van der Waals surface area contributed by atoms with Crippen LogP contribution in [0.15, 0.2) is 24.3 Å². The highest BCUT2D eigenvalue weighted by Gasteiger charge is 2.55. The van der Waals surface area contributed by atoms with Crippen LogP contribution >= 0.6 is 11.8 Å². The largest absolute Gasteiger partial charge is 0.457 e. The van der Waals surface area contributed by atoms with Crippen molar-refractivity contribution in [3.8, 4) is 0 Å². The third-order valence-electron chi connectivity index (χ3n) is 5.51. The first-order valence-corrected chi connectivity index (χ1v) is 15.0. The van der Waals surface area contributed by atoms with Gasteiger partial charge >= 0.3 is 5.97 Å². The second-order valence-electron chi connectivity index (χ2n) is 8.49. The first-order chi connectivity index (χ1) is 15.0. The van der Waals surface area contributed by atoms with Gasteiger partial charge in [0.2, 0.25) is 12.1 Å². The average Bonchev–Trinajstić information content (AvgIpc) is 2.73. The van der Waals surface area contributed by atoms with Gasteiger partial charge in [-0.15, -0.1) is 11.8 Å². The number of ether oxygens (including phenoxy) is 1. The highest BCUT2D eigenvalue weighted by atomic mass is 32.2. The molecule has 1 fully saturated rings. The number of aliphatic hydroxyl groups excluding tert-OH is 1. The Hall–Kier alpha value is -1.95. The molecule has 11 heteroatoms. The molecule has 0 saturated carbocycles. The van der Waals surface area contributed by atoms with Gasteiger partial charge in [-0.2, -0.15) is 0 Å². The lowest BCUT2D eigenvalue weighted by Gasteiger charge is -2.50. The number of nitro groups is 1. The fourth-order valence-corrected chi connectivity index (χ4v) is 7.31. The summed E-state index contributed by atoms with van der Waals surface area (Å²) in [5, 5.41) is 20.8. The minimum absolute atomic E-state index is 0.0718. The van der Waals surface area contributed by atoms with Crippen LogP contribution in [0.1, 0.15) is 32.3 Å². The van der Waals surface area contributed by atoms with Crippen LogP contribution in [-0.4, -0.2) is 59.1 Å². The number of hydrogen-bond donors (Lipinski definition) is 1. The van der Waals surface area contributed by atoms with Crippen LogP contribution in [0.2, 0.25) is 19.1 Å². The highest BCUT2D eigenvalue weighted by Crippen LogP contribution is 2.39. The van der Waals surface area contributed by atoms with E-state index in [2.05, 4.69) is 20.0 Å². The van der Waals surface area contributed by atoms with E-state index in [1.807, 2.05) is 13.2 Å². The van der Waals surface area contributed by atoms with E-state index >= 15 is 0 Å². The SMILES string of the molecule is CCCC[Si](C)(C)OC(C)C1C(=O)N(C(O)C(=O)OCc2ccc([N+](=O)[O-])cc2)C1SC. The van der Waals surface area contributed by atoms with Crippen molar-refractivity contribution in [2.45, 2.75) is 70.1 Å². The first-order valence-electron chi connectivity index (χ1n) is 10.6. The number of benzene rings is 1. The molecule has 1 aliphatic heterocycles. The summed E-state index contributed by atoms with van der Waals surface area (Å²) in [5.74, 6) is -1.71. The number of non-ortho nitro benzene ring substituents is 1. The number of β-lactam (4-membered cyclic amide) rings is 1. The number of hydrogen-bond acceptors (Lipinski definition) is 8. The van der Waals surface area contributed by atoms with Crippen molar-refractivity contribution in [3.63, 3.8) is 0 Å². The fourth-order valence-electron chi connectivity index (χ4n) is 3.76. The maximum atomic E-state index is 12.8. The Bertz CT molecular complexity index is 821. The lowest BCUT2D eigenvalue weighted by molar-refractivity contribution is -0.384. The number of unbranched alkanes of at least 4 members (excludes halogenated alkanes) is 1. The Morgan fingerprint density at radius 2 is 1.97 bits per heavy atom. The molecule has 9 nitrogen and oxygen atoms in total. The maximum absolute atomic E-state index is 12.8. The number of esters is 1. The fraction of sp³-hybridized carbons (Fsp3) is 0.619. The van der Waals surface area contributed by atoms with Gasteiger partial charge < -0.3 is 14.3 Å². The van der Waals surface area contributed by atoms with Gasteiger partial charge in [0.05, 0.1) is 22.3 Å². The first kappa shape index (κ1) is 26.3. The minimum Gasteiger partial charge on any atom is -0.457 e. The van der Waals surface area contributed by atoms with Gasteiger partial charge in [-0.1, -0.05) is 19.8 Å². The lowest BCUT2D eigenvalue weighted by atomic mass is 9.92. The smallest absolute Gasteiger partial charge is 0.356 e. The third kappa shape index (κ3) is 6.30. The standard InChI is InChI=1S/C21H32N2O7SSi/c1-6-7-12-32(4,5)30-14(2)17-18(24)22(20(17)31-3)19(25)21(26)29-13-15-8-10-16(11-9-15)23(27)28/h8-11,14,17,19-20,25H,6-7,12-13H2,1-5H3. The summed E-state index contributed by atoms with van der Waals surface area (Å²) in [6, 6.07) is 6.56. The van der Waals surface area contributed by atoms with Gasteiger partial charge in [-0.25, -0.2) is 4.79 Å². The molecule has 0 spiro atoms. The number of carbonyl (C=O) groups is 2. The van der Waals surface area contributed by atoms with Gasteiger partial charge in [-0.3, -0.25) is 19.8 Å². The van der Waals surface area contributed by atoms with Crippen LogP contribution in [0.25, 0.3) is 0 Å². The van der Waals surface area contributed by atoms with Gasteiger partial charge in [0.25, 0.3) is 5.69 Å². The van der Waals surface area contributed by atoms with E-state index in [0.717, 1.165) is 23.8 Å². The molecule has 0 radical (unpaired) electrons. The quantitative estimate of drug-likeness (QED) is 0.157. The molecule has 178 valence electrons. The molecule has 1 saturated heterocycles. The van der Waals surface area contributed by atoms with E-state index in [0.29, 0.717) is 5.56 Å². The van der Waals surface area contributed by atoms with Gasteiger partial charge in [0.15, 0.2) is 8.32 Å². The van der Waals surface area contributed by atoms with Crippen LogP contribution < -0.4 is 0 Å². The molecule has 1 aromatic carbocycles. The summed E-state index contributed by atoms with van der Waals surface area (Å²) in [6.45, 7) is 8.12. The molecule has 1 amide bonds. The van der Waals surface area contributed by atoms with Crippen molar-refractivity contribution in [2.24, 2.45) is 5.92 Å². The molecule has 1 aliphatic rings. The Balaban J connectivity index is 1.95. The Labute approximate surface area is 193 Å².